The van der Waals surface area contributed by atoms with Gasteiger partial charge in [-0.1, -0.05) is 6.58 Å². The molecule has 1 aromatic rings. The normalized spacial score (nSPS) is 14.2. The Hall–Kier alpha value is -2.70. The molecule has 0 atom stereocenters. The number of hydrogen-bond donors (Lipinski definition) is 3. The minimum atomic E-state index is -1.09. The minimum absolute atomic E-state index is 0.179. The zero-order chi connectivity index (χ0) is 24.4. The maximum atomic E-state index is 12.7. The van der Waals surface area contributed by atoms with E-state index in [1.165, 1.54) is 6.08 Å². The van der Waals surface area contributed by atoms with Gasteiger partial charge >= 0.3 is 12.2 Å². The van der Waals surface area contributed by atoms with Crippen molar-refractivity contribution in [3.8, 4) is 0 Å². The molecule has 0 radical (unpaired) electrons. The van der Waals surface area contributed by atoms with Crippen LogP contribution in [-0.4, -0.2) is 57.4 Å². The fourth-order valence-corrected chi connectivity index (χ4v) is 3.73. The molecule has 2 heterocycles. The maximum absolute atomic E-state index is 12.7. The van der Waals surface area contributed by atoms with Crippen molar-refractivity contribution in [1.82, 2.24) is 15.2 Å². The van der Waals surface area contributed by atoms with Gasteiger partial charge in [0.15, 0.2) is 0 Å². The molecule has 0 aromatic carbocycles. The molecule has 1 aliphatic rings. The number of aliphatic imine (C=N–C) groups is 1. The fourth-order valence-electron chi connectivity index (χ4n) is 2.75. The number of H-pyrrole nitrogens is 1. The third-order valence-electron chi connectivity index (χ3n) is 3.94. The van der Waals surface area contributed by atoms with Crippen LogP contribution in [0, 0.1) is 8.98 Å². The molecule has 1 aromatic heterocycles. The van der Waals surface area contributed by atoms with Crippen molar-refractivity contribution >= 4 is 52.4 Å². The summed E-state index contributed by atoms with van der Waals surface area (Å²) in [6, 6.07) is 0. The van der Waals surface area contributed by atoms with E-state index in [2.05, 4.69) is 21.9 Å². The first-order chi connectivity index (χ1) is 14.6. The summed E-state index contributed by atoms with van der Waals surface area (Å²) >= 11 is 2.01. The van der Waals surface area contributed by atoms with Crippen LogP contribution in [0.15, 0.2) is 17.6 Å². The number of carbonyl (C=O) groups excluding carboxylic acids is 3. The molecule has 0 saturated carbocycles. The van der Waals surface area contributed by atoms with Gasteiger partial charge in [-0.05, 0) is 70.2 Å². The number of imide groups is 1. The molecule has 11 heteroatoms. The summed E-state index contributed by atoms with van der Waals surface area (Å²) in [7, 11) is 0. The summed E-state index contributed by atoms with van der Waals surface area (Å²) in [6.45, 7) is 14.0. The second-order valence-electron chi connectivity index (χ2n) is 8.99. The van der Waals surface area contributed by atoms with E-state index in [1.807, 2.05) is 22.6 Å². The molecular weight excluding hydrogens is 529 g/mol. The summed E-state index contributed by atoms with van der Waals surface area (Å²) in [5.74, 6) is -0.919. The molecule has 0 bridgehead atoms. The maximum Gasteiger partial charge on any atom is 0.427 e. The first-order valence-corrected chi connectivity index (χ1v) is 11.0. The number of aromatic amines is 1. The van der Waals surface area contributed by atoms with Crippen LogP contribution in [0.1, 0.15) is 63.3 Å². The SMILES string of the molecule is C=C/C(=N\C(=N)N(C(=O)OC(C)(C)C)C(=O)OC(C)(C)C)c1[nH]c2c(c1I)C(=O)NCC2. The van der Waals surface area contributed by atoms with Crippen molar-refractivity contribution in [2.75, 3.05) is 6.54 Å². The molecular formula is C21H28IN5O5. The number of ether oxygens (including phenoxy) is 2. The monoisotopic (exact) mass is 557 g/mol. The van der Waals surface area contributed by atoms with Crippen LogP contribution in [0.25, 0.3) is 0 Å². The lowest BCUT2D eigenvalue weighted by Gasteiger charge is -2.27. The Kier molecular flexibility index (Phi) is 7.53. The van der Waals surface area contributed by atoms with Gasteiger partial charge in [-0.15, -0.1) is 4.90 Å². The van der Waals surface area contributed by atoms with Crippen LogP contribution in [-0.2, 0) is 15.9 Å². The first-order valence-electron chi connectivity index (χ1n) is 9.89. The van der Waals surface area contributed by atoms with Gasteiger partial charge in [-0.25, -0.2) is 14.6 Å². The number of guanidine groups is 1. The van der Waals surface area contributed by atoms with E-state index >= 15 is 0 Å². The van der Waals surface area contributed by atoms with E-state index < -0.39 is 29.3 Å². The quantitative estimate of drug-likeness (QED) is 0.287. The first kappa shape index (κ1) is 25.6. The van der Waals surface area contributed by atoms with E-state index in [-0.39, 0.29) is 11.6 Å². The molecule has 32 heavy (non-hydrogen) atoms. The Morgan fingerprint density at radius 2 is 1.69 bits per heavy atom. The average molecular weight is 557 g/mol. The number of hydrogen-bond acceptors (Lipinski definition) is 6. The second kappa shape index (κ2) is 9.43. The third-order valence-corrected chi connectivity index (χ3v) is 5.02. The highest BCUT2D eigenvalue weighted by atomic mass is 127. The molecule has 0 unspecified atom stereocenters. The van der Waals surface area contributed by atoms with E-state index in [4.69, 9.17) is 14.9 Å². The van der Waals surface area contributed by atoms with Crippen LogP contribution >= 0.6 is 22.6 Å². The molecule has 3 amide bonds. The molecule has 0 spiro atoms. The van der Waals surface area contributed by atoms with Crippen LogP contribution in [0.4, 0.5) is 9.59 Å². The number of aromatic nitrogens is 1. The van der Waals surface area contributed by atoms with Crippen LogP contribution in [0.3, 0.4) is 0 Å². The van der Waals surface area contributed by atoms with Gasteiger partial charge in [0.25, 0.3) is 5.91 Å². The minimum Gasteiger partial charge on any atom is -0.443 e. The van der Waals surface area contributed by atoms with Gasteiger partial charge in [-0.2, -0.15) is 0 Å². The van der Waals surface area contributed by atoms with Gasteiger partial charge in [0.2, 0.25) is 5.96 Å². The zero-order valence-electron chi connectivity index (χ0n) is 19.0. The summed E-state index contributed by atoms with van der Waals surface area (Å²) in [5, 5.41) is 11.2. The van der Waals surface area contributed by atoms with Crippen molar-refractivity contribution < 1.29 is 23.9 Å². The number of rotatable bonds is 2. The predicted molar refractivity (Wildman–Crippen MR) is 128 cm³/mol. The van der Waals surface area contributed by atoms with Gasteiger partial charge < -0.3 is 19.8 Å². The summed E-state index contributed by atoms with van der Waals surface area (Å²) in [6.07, 6.45) is -0.206. The van der Waals surface area contributed by atoms with Crippen LogP contribution < -0.4 is 5.32 Å². The molecule has 0 fully saturated rings. The van der Waals surface area contributed by atoms with E-state index in [0.717, 1.165) is 5.69 Å². The topological polar surface area (TPSA) is 137 Å². The smallest absolute Gasteiger partial charge is 0.427 e. The Balaban J connectivity index is 2.47. The van der Waals surface area contributed by atoms with Gasteiger partial charge in [-0.3, -0.25) is 10.2 Å². The van der Waals surface area contributed by atoms with E-state index in [9.17, 15) is 14.4 Å². The van der Waals surface area contributed by atoms with Crippen molar-refractivity contribution in [1.29, 1.82) is 5.41 Å². The van der Waals surface area contributed by atoms with E-state index in [1.54, 1.807) is 41.5 Å². The highest BCUT2D eigenvalue weighted by molar-refractivity contribution is 14.1. The number of amides is 3. The van der Waals surface area contributed by atoms with Gasteiger partial charge in [0, 0.05) is 18.7 Å². The fraction of sp³-hybridized carbons (Fsp3) is 0.476. The highest BCUT2D eigenvalue weighted by Gasteiger charge is 2.35. The third kappa shape index (κ3) is 6.17. The molecule has 3 N–H and O–H groups in total. The molecule has 10 nitrogen and oxygen atoms in total. The lowest BCUT2D eigenvalue weighted by atomic mass is 10.1. The van der Waals surface area contributed by atoms with Crippen molar-refractivity contribution in [2.45, 2.75) is 59.2 Å². The zero-order valence-corrected chi connectivity index (χ0v) is 21.2. The Bertz CT molecular complexity index is 969. The average Bonchev–Trinajstić information content (AvgIpc) is 2.94. The number of halogens is 1. The van der Waals surface area contributed by atoms with Crippen molar-refractivity contribution in [3.05, 3.63) is 33.2 Å². The molecule has 0 aliphatic carbocycles. The number of fused-ring (bicyclic) bond motifs is 1. The summed E-state index contributed by atoms with van der Waals surface area (Å²) < 4.78 is 11.1. The standard InChI is InChI=1S/C21H28IN5O5/c1-8-11(15-14(22)13-12(25-15)9-10-24-16(13)28)26-17(23)27(18(29)31-20(2,3)4)19(30)32-21(5,6)7/h8,23,25H,1,9-10H2,2-7H3,(H,24,28)/b23-17?,26-11+. The highest BCUT2D eigenvalue weighted by Crippen LogP contribution is 2.25. The largest absolute Gasteiger partial charge is 0.443 e. The molecule has 174 valence electrons. The number of nitrogens with one attached hydrogen (secondary N) is 3. The predicted octanol–water partition coefficient (Wildman–Crippen LogP) is 3.99. The number of carbonyl (C=O) groups is 3. The Morgan fingerprint density at radius 1 is 1.16 bits per heavy atom. The van der Waals surface area contributed by atoms with Crippen molar-refractivity contribution in [3.63, 3.8) is 0 Å². The number of allylic oxidation sites excluding steroid dienone is 1. The second-order valence-corrected chi connectivity index (χ2v) is 10.1. The molecule has 2 rings (SSSR count). The van der Waals surface area contributed by atoms with Gasteiger partial charge in [0.1, 0.15) is 11.2 Å². The van der Waals surface area contributed by atoms with Crippen LogP contribution in [0.2, 0.25) is 0 Å². The lowest BCUT2D eigenvalue weighted by Crippen LogP contribution is -2.46. The Labute approximate surface area is 200 Å². The van der Waals surface area contributed by atoms with Crippen LogP contribution in [0.5, 0.6) is 0 Å². The Morgan fingerprint density at radius 3 is 2.12 bits per heavy atom. The summed E-state index contributed by atoms with van der Waals surface area (Å²) in [4.78, 5) is 45.3. The van der Waals surface area contributed by atoms with E-state index in [0.29, 0.717) is 32.7 Å². The lowest BCUT2D eigenvalue weighted by molar-refractivity contribution is 0.0144. The summed E-state index contributed by atoms with van der Waals surface area (Å²) in [5.41, 5.74) is 0.0575. The van der Waals surface area contributed by atoms with Gasteiger partial charge in [0.05, 0.1) is 20.5 Å². The van der Waals surface area contributed by atoms with Crippen molar-refractivity contribution in [2.24, 2.45) is 4.99 Å². The molecule has 0 saturated heterocycles. The number of nitrogens with zero attached hydrogens (tertiary/aromatic N) is 2. The molecule has 1 aliphatic heterocycles.